The molecular formula is C36H58N4O2. The number of nitrogens with zero attached hydrogens (tertiary/aromatic N) is 2. The Labute approximate surface area is 256 Å². The molecule has 6 nitrogen and oxygen atoms in total. The van der Waals surface area contributed by atoms with Gasteiger partial charge in [0.1, 0.15) is 0 Å². The predicted molar refractivity (Wildman–Crippen MR) is 176 cm³/mol. The Kier molecular flexibility index (Phi) is 20.1. The number of nitrogens with one attached hydrogen (secondary N) is 2. The summed E-state index contributed by atoms with van der Waals surface area (Å²) in [5.74, 6) is 0.555. The molecule has 0 aliphatic heterocycles. The van der Waals surface area contributed by atoms with Crippen LogP contribution in [0.4, 0.5) is 0 Å². The van der Waals surface area contributed by atoms with Crippen LogP contribution < -0.4 is 10.6 Å². The van der Waals surface area contributed by atoms with Gasteiger partial charge in [-0.2, -0.15) is 0 Å². The van der Waals surface area contributed by atoms with Gasteiger partial charge in [0.2, 0.25) is 11.8 Å². The first kappa shape index (κ1) is 35.5. The van der Waals surface area contributed by atoms with E-state index in [-0.39, 0.29) is 11.8 Å². The maximum atomic E-state index is 12.4. The van der Waals surface area contributed by atoms with Crippen LogP contribution in [0.5, 0.6) is 0 Å². The molecule has 2 amide bonds. The lowest BCUT2D eigenvalue weighted by molar-refractivity contribution is -0.130. The van der Waals surface area contributed by atoms with Crippen LogP contribution in [0.3, 0.4) is 0 Å². The summed E-state index contributed by atoms with van der Waals surface area (Å²) in [6, 6.07) is 20.9. The number of hydrogen-bond acceptors (Lipinski definition) is 4. The van der Waals surface area contributed by atoms with E-state index in [0.717, 1.165) is 90.6 Å². The standard InChI is InChI=1S/C36H58N4O2/c1-39(35(41)25-15-9-17-27-37-31-33-21-11-7-12-22-33)29-19-5-3-4-6-20-30-40(2)36(42)26-16-10-18-28-38-32-34-23-13-8-14-24-34/h7-8,11-14,21-24,37-38H,3-6,9-10,15-20,25-32H2,1-2H3. The summed E-state index contributed by atoms with van der Waals surface area (Å²) in [7, 11) is 3.89. The van der Waals surface area contributed by atoms with E-state index in [4.69, 9.17) is 0 Å². The number of carbonyl (C=O) groups excluding carboxylic acids is 2. The Balaban J connectivity index is 1.32. The number of benzene rings is 2. The zero-order chi connectivity index (χ0) is 30.1. The lowest BCUT2D eigenvalue weighted by Gasteiger charge is -2.18. The summed E-state index contributed by atoms with van der Waals surface area (Å²) in [4.78, 5) is 28.6. The van der Waals surface area contributed by atoms with Crippen LogP contribution in [-0.4, -0.2) is 61.9 Å². The highest BCUT2D eigenvalue weighted by atomic mass is 16.2. The number of hydrogen-bond donors (Lipinski definition) is 2. The summed E-state index contributed by atoms with van der Waals surface area (Å²) in [5.41, 5.74) is 2.63. The summed E-state index contributed by atoms with van der Waals surface area (Å²) in [5, 5.41) is 6.96. The molecule has 0 fully saturated rings. The van der Waals surface area contributed by atoms with Gasteiger partial charge in [0.05, 0.1) is 0 Å². The van der Waals surface area contributed by atoms with Crippen LogP contribution in [0.1, 0.15) is 101 Å². The molecule has 234 valence electrons. The minimum Gasteiger partial charge on any atom is -0.346 e. The van der Waals surface area contributed by atoms with Gasteiger partial charge in [0, 0.05) is 53.1 Å². The lowest BCUT2D eigenvalue weighted by Crippen LogP contribution is -2.27. The molecule has 0 unspecified atom stereocenters. The van der Waals surface area contributed by atoms with E-state index >= 15 is 0 Å². The van der Waals surface area contributed by atoms with Crippen molar-refractivity contribution in [1.29, 1.82) is 0 Å². The summed E-state index contributed by atoms with van der Waals surface area (Å²) in [6.07, 6.45) is 14.6. The molecule has 0 aromatic heterocycles. The monoisotopic (exact) mass is 578 g/mol. The highest BCUT2D eigenvalue weighted by molar-refractivity contribution is 5.76. The van der Waals surface area contributed by atoms with Gasteiger partial charge in [0.25, 0.3) is 0 Å². The van der Waals surface area contributed by atoms with E-state index in [9.17, 15) is 9.59 Å². The highest BCUT2D eigenvalue weighted by Gasteiger charge is 2.09. The summed E-state index contributed by atoms with van der Waals surface area (Å²) < 4.78 is 0. The van der Waals surface area contributed by atoms with E-state index in [2.05, 4.69) is 59.2 Å². The molecule has 0 aliphatic rings. The molecule has 0 heterocycles. The Morgan fingerprint density at radius 1 is 0.500 bits per heavy atom. The van der Waals surface area contributed by atoms with Crippen molar-refractivity contribution in [3.05, 3.63) is 71.8 Å². The van der Waals surface area contributed by atoms with Crippen molar-refractivity contribution in [2.45, 2.75) is 103 Å². The molecule has 0 radical (unpaired) electrons. The van der Waals surface area contributed by atoms with Gasteiger partial charge < -0.3 is 20.4 Å². The molecule has 6 heteroatoms. The topological polar surface area (TPSA) is 64.7 Å². The van der Waals surface area contributed by atoms with Crippen LogP contribution in [0.15, 0.2) is 60.7 Å². The first-order chi connectivity index (χ1) is 20.6. The predicted octanol–water partition coefficient (Wildman–Crippen LogP) is 6.94. The second kappa shape index (κ2) is 23.8. The van der Waals surface area contributed by atoms with Crippen molar-refractivity contribution in [2.75, 3.05) is 40.3 Å². The molecule has 0 bridgehead atoms. The van der Waals surface area contributed by atoms with E-state index in [1.165, 1.54) is 36.8 Å². The SMILES string of the molecule is CN(CCCCCCCCN(C)C(=O)CCCCCNCc1ccccc1)C(=O)CCCCCNCc1ccccc1. The summed E-state index contributed by atoms with van der Waals surface area (Å²) >= 11 is 0. The van der Waals surface area contributed by atoms with Crippen LogP contribution in [0.25, 0.3) is 0 Å². The Bertz CT molecular complexity index is 860. The van der Waals surface area contributed by atoms with Crippen LogP contribution in [-0.2, 0) is 22.7 Å². The third kappa shape index (κ3) is 18.0. The van der Waals surface area contributed by atoms with Crippen LogP contribution in [0, 0.1) is 0 Å². The fraction of sp³-hybridized carbons (Fsp3) is 0.611. The zero-order valence-corrected chi connectivity index (χ0v) is 26.6. The smallest absolute Gasteiger partial charge is 0.222 e. The van der Waals surface area contributed by atoms with Crippen molar-refractivity contribution < 1.29 is 9.59 Å². The largest absolute Gasteiger partial charge is 0.346 e. The molecule has 0 spiro atoms. The average molecular weight is 579 g/mol. The minimum absolute atomic E-state index is 0.277. The molecule has 42 heavy (non-hydrogen) atoms. The van der Waals surface area contributed by atoms with Gasteiger partial charge in [-0.1, -0.05) is 99.2 Å². The average Bonchev–Trinajstić information content (AvgIpc) is 3.01. The van der Waals surface area contributed by atoms with Crippen LogP contribution >= 0.6 is 0 Å². The molecule has 2 N–H and O–H groups in total. The van der Waals surface area contributed by atoms with Crippen molar-refractivity contribution in [3.63, 3.8) is 0 Å². The molecule has 0 aliphatic carbocycles. The van der Waals surface area contributed by atoms with Gasteiger partial charge in [0.15, 0.2) is 0 Å². The third-order valence-electron chi connectivity index (χ3n) is 7.92. The summed E-state index contributed by atoms with van der Waals surface area (Å²) in [6.45, 7) is 5.54. The first-order valence-corrected chi connectivity index (χ1v) is 16.5. The molecule has 2 aromatic carbocycles. The van der Waals surface area contributed by atoms with Gasteiger partial charge in [-0.25, -0.2) is 0 Å². The van der Waals surface area contributed by atoms with Gasteiger partial charge in [-0.15, -0.1) is 0 Å². The number of amides is 2. The van der Waals surface area contributed by atoms with E-state index in [1.54, 1.807) is 0 Å². The molecule has 0 saturated carbocycles. The quantitative estimate of drug-likeness (QED) is 0.125. The Morgan fingerprint density at radius 2 is 0.857 bits per heavy atom. The maximum absolute atomic E-state index is 12.4. The zero-order valence-electron chi connectivity index (χ0n) is 26.6. The van der Waals surface area contributed by atoms with Crippen molar-refractivity contribution >= 4 is 11.8 Å². The van der Waals surface area contributed by atoms with Crippen molar-refractivity contribution in [3.8, 4) is 0 Å². The van der Waals surface area contributed by atoms with Gasteiger partial charge >= 0.3 is 0 Å². The van der Waals surface area contributed by atoms with Crippen molar-refractivity contribution in [1.82, 2.24) is 20.4 Å². The Hall–Kier alpha value is -2.70. The first-order valence-electron chi connectivity index (χ1n) is 16.5. The fourth-order valence-corrected chi connectivity index (χ4v) is 5.10. The van der Waals surface area contributed by atoms with Crippen LogP contribution in [0.2, 0.25) is 0 Å². The molecule has 0 atom stereocenters. The van der Waals surface area contributed by atoms with Gasteiger partial charge in [-0.3, -0.25) is 9.59 Å². The highest BCUT2D eigenvalue weighted by Crippen LogP contribution is 2.09. The maximum Gasteiger partial charge on any atom is 0.222 e. The van der Waals surface area contributed by atoms with Gasteiger partial charge in [-0.05, 0) is 62.7 Å². The lowest BCUT2D eigenvalue weighted by atomic mass is 10.1. The molecule has 2 rings (SSSR count). The second-order valence-electron chi connectivity index (χ2n) is 11.7. The van der Waals surface area contributed by atoms with E-state index in [1.807, 2.05) is 36.0 Å². The molecule has 0 saturated heterocycles. The molecular weight excluding hydrogens is 520 g/mol. The number of rotatable bonds is 25. The molecule has 2 aromatic rings. The third-order valence-corrected chi connectivity index (χ3v) is 7.92. The Morgan fingerprint density at radius 3 is 1.26 bits per heavy atom. The van der Waals surface area contributed by atoms with E-state index in [0.29, 0.717) is 12.8 Å². The minimum atomic E-state index is 0.277. The van der Waals surface area contributed by atoms with Crippen molar-refractivity contribution in [2.24, 2.45) is 0 Å². The normalized spacial score (nSPS) is 11.0. The fourth-order valence-electron chi connectivity index (χ4n) is 5.10. The second-order valence-corrected chi connectivity index (χ2v) is 11.7. The van der Waals surface area contributed by atoms with E-state index < -0.39 is 0 Å². The number of unbranched alkanes of at least 4 members (excludes halogenated alkanes) is 9. The number of carbonyl (C=O) groups is 2.